The van der Waals surface area contributed by atoms with Crippen molar-refractivity contribution < 1.29 is 19.1 Å². The largest absolute Gasteiger partial charge is 0.448 e. The van der Waals surface area contributed by atoms with Crippen molar-refractivity contribution in [1.82, 2.24) is 0 Å². The van der Waals surface area contributed by atoms with E-state index in [-0.39, 0.29) is 0 Å². The van der Waals surface area contributed by atoms with E-state index in [2.05, 4.69) is 0 Å². The molecule has 0 spiro atoms. The van der Waals surface area contributed by atoms with Crippen LogP contribution in [-0.2, 0) is 19.1 Å². The van der Waals surface area contributed by atoms with Crippen molar-refractivity contribution in [2.24, 2.45) is 5.92 Å². The second-order valence-corrected chi connectivity index (χ2v) is 3.89. The van der Waals surface area contributed by atoms with Crippen molar-refractivity contribution in [3.63, 3.8) is 0 Å². The van der Waals surface area contributed by atoms with E-state index in [0.29, 0.717) is 18.8 Å². The molecule has 1 fully saturated rings. The van der Waals surface area contributed by atoms with Crippen LogP contribution >= 0.6 is 0 Å². The molecule has 0 bridgehead atoms. The molecule has 4 heteroatoms. The van der Waals surface area contributed by atoms with E-state index in [4.69, 9.17) is 9.47 Å². The topological polar surface area (TPSA) is 52.6 Å². The van der Waals surface area contributed by atoms with Gasteiger partial charge in [0.25, 0.3) is 0 Å². The molecule has 2 atom stereocenters. The molecule has 1 aliphatic rings. The SMILES string of the molecule is CCC1OC(=O)C(CC(C)C)OC1=O. The molecule has 80 valence electrons. The lowest BCUT2D eigenvalue weighted by molar-refractivity contribution is -0.196. The molecule has 1 saturated heterocycles. The smallest absolute Gasteiger partial charge is 0.348 e. The zero-order chi connectivity index (χ0) is 10.7. The molecule has 0 aromatic heterocycles. The molecule has 0 aromatic carbocycles. The number of cyclic esters (lactones) is 2. The average Bonchev–Trinajstić information content (AvgIpc) is 2.10. The first kappa shape index (κ1) is 11.0. The van der Waals surface area contributed by atoms with E-state index < -0.39 is 24.1 Å². The lowest BCUT2D eigenvalue weighted by Crippen LogP contribution is -2.44. The molecule has 0 radical (unpaired) electrons. The molecule has 0 saturated carbocycles. The molecule has 0 N–H and O–H groups in total. The van der Waals surface area contributed by atoms with Gasteiger partial charge in [0.2, 0.25) is 0 Å². The van der Waals surface area contributed by atoms with Crippen molar-refractivity contribution in [2.75, 3.05) is 0 Å². The maximum absolute atomic E-state index is 11.3. The fourth-order valence-corrected chi connectivity index (χ4v) is 1.35. The summed E-state index contributed by atoms with van der Waals surface area (Å²) in [6.45, 7) is 5.71. The number of rotatable bonds is 3. The predicted octanol–water partition coefficient (Wildman–Crippen LogP) is 1.28. The van der Waals surface area contributed by atoms with Crippen molar-refractivity contribution in [3.05, 3.63) is 0 Å². The first-order valence-corrected chi connectivity index (χ1v) is 4.95. The highest BCUT2D eigenvalue weighted by Crippen LogP contribution is 2.18. The number of ether oxygens (including phenoxy) is 2. The minimum absolute atomic E-state index is 0.304. The van der Waals surface area contributed by atoms with E-state index in [9.17, 15) is 9.59 Å². The minimum atomic E-state index is -0.703. The van der Waals surface area contributed by atoms with Crippen LogP contribution in [0.25, 0.3) is 0 Å². The zero-order valence-electron chi connectivity index (χ0n) is 8.78. The summed E-state index contributed by atoms with van der Waals surface area (Å²) in [6, 6.07) is 0. The van der Waals surface area contributed by atoms with Crippen LogP contribution in [0.2, 0.25) is 0 Å². The monoisotopic (exact) mass is 200 g/mol. The first-order chi connectivity index (χ1) is 6.54. The molecular formula is C10H16O4. The van der Waals surface area contributed by atoms with Gasteiger partial charge in [0.05, 0.1) is 0 Å². The van der Waals surface area contributed by atoms with E-state index in [1.807, 2.05) is 13.8 Å². The van der Waals surface area contributed by atoms with Crippen LogP contribution in [-0.4, -0.2) is 24.1 Å². The number of hydrogen-bond donors (Lipinski definition) is 0. The molecule has 0 aliphatic carbocycles. The summed E-state index contributed by atoms with van der Waals surface area (Å²) in [7, 11) is 0. The number of carbonyl (C=O) groups is 2. The molecule has 0 amide bonds. The number of hydrogen-bond acceptors (Lipinski definition) is 4. The van der Waals surface area contributed by atoms with Crippen LogP contribution < -0.4 is 0 Å². The molecule has 1 aliphatic heterocycles. The third kappa shape index (κ3) is 2.47. The van der Waals surface area contributed by atoms with Gasteiger partial charge in [-0.15, -0.1) is 0 Å². The molecule has 2 unspecified atom stereocenters. The molecule has 1 rings (SSSR count). The lowest BCUT2D eigenvalue weighted by Gasteiger charge is -2.27. The Morgan fingerprint density at radius 1 is 1.14 bits per heavy atom. The summed E-state index contributed by atoms with van der Waals surface area (Å²) in [5.41, 5.74) is 0. The quantitative estimate of drug-likeness (QED) is 0.644. The second kappa shape index (κ2) is 4.44. The van der Waals surface area contributed by atoms with E-state index in [0.717, 1.165) is 0 Å². The molecule has 1 heterocycles. The van der Waals surface area contributed by atoms with Gasteiger partial charge in [0.15, 0.2) is 12.2 Å². The van der Waals surface area contributed by atoms with Crippen molar-refractivity contribution in [2.45, 2.75) is 45.8 Å². The van der Waals surface area contributed by atoms with Crippen molar-refractivity contribution in [1.29, 1.82) is 0 Å². The normalized spacial score (nSPS) is 27.4. The molecule has 14 heavy (non-hydrogen) atoms. The van der Waals surface area contributed by atoms with E-state index in [1.165, 1.54) is 0 Å². The Balaban J connectivity index is 2.57. The lowest BCUT2D eigenvalue weighted by atomic mass is 10.1. The van der Waals surface area contributed by atoms with Gasteiger partial charge in [0, 0.05) is 0 Å². The van der Waals surface area contributed by atoms with Crippen molar-refractivity contribution >= 4 is 11.9 Å². The standard InChI is InChI=1S/C10H16O4/c1-4-7-9(11)14-8(5-6(2)3)10(12)13-7/h6-8H,4-5H2,1-3H3. The fraction of sp³-hybridized carbons (Fsp3) is 0.800. The Morgan fingerprint density at radius 2 is 1.64 bits per heavy atom. The summed E-state index contributed by atoms with van der Waals surface area (Å²) >= 11 is 0. The molecule has 4 nitrogen and oxygen atoms in total. The zero-order valence-corrected chi connectivity index (χ0v) is 8.78. The van der Waals surface area contributed by atoms with Crippen LogP contribution in [0.3, 0.4) is 0 Å². The van der Waals surface area contributed by atoms with Crippen LogP contribution in [0.1, 0.15) is 33.6 Å². The first-order valence-electron chi connectivity index (χ1n) is 4.95. The summed E-state index contributed by atoms with van der Waals surface area (Å²) < 4.78 is 9.95. The Morgan fingerprint density at radius 3 is 2.14 bits per heavy atom. The summed E-state index contributed by atoms with van der Waals surface area (Å²) in [4.78, 5) is 22.6. The van der Waals surface area contributed by atoms with Gasteiger partial charge in [-0.3, -0.25) is 0 Å². The van der Waals surface area contributed by atoms with Gasteiger partial charge < -0.3 is 9.47 Å². The van der Waals surface area contributed by atoms with Crippen molar-refractivity contribution in [3.8, 4) is 0 Å². The molecular weight excluding hydrogens is 184 g/mol. The predicted molar refractivity (Wildman–Crippen MR) is 49.5 cm³/mol. The van der Waals surface area contributed by atoms with Gasteiger partial charge >= 0.3 is 11.9 Å². The second-order valence-electron chi connectivity index (χ2n) is 3.89. The highest BCUT2D eigenvalue weighted by atomic mass is 16.6. The van der Waals surface area contributed by atoms with Crippen LogP contribution in [0, 0.1) is 5.92 Å². The number of carbonyl (C=O) groups excluding carboxylic acids is 2. The van der Waals surface area contributed by atoms with Gasteiger partial charge in [-0.05, 0) is 18.8 Å². The summed E-state index contributed by atoms with van der Waals surface area (Å²) in [5.74, 6) is -0.526. The van der Waals surface area contributed by atoms with E-state index >= 15 is 0 Å². The number of esters is 2. The van der Waals surface area contributed by atoms with Gasteiger partial charge in [0.1, 0.15) is 0 Å². The van der Waals surface area contributed by atoms with Crippen LogP contribution in [0.4, 0.5) is 0 Å². The average molecular weight is 200 g/mol. The maximum atomic E-state index is 11.3. The van der Waals surface area contributed by atoms with Gasteiger partial charge in [-0.2, -0.15) is 0 Å². The fourth-order valence-electron chi connectivity index (χ4n) is 1.35. The maximum Gasteiger partial charge on any atom is 0.348 e. The molecule has 0 aromatic rings. The van der Waals surface area contributed by atoms with Gasteiger partial charge in [-0.1, -0.05) is 20.8 Å². The Labute approximate surface area is 83.6 Å². The van der Waals surface area contributed by atoms with E-state index in [1.54, 1.807) is 6.92 Å². The van der Waals surface area contributed by atoms with Crippen LogP contribution in [0.15, 0.2) is 0 Å². The summed E-state index contributed by atoms with van der Waals surface area (Å²) in [5, 5.41) is 0. The Bertz CT molecular complexity index is 234. The van der Waals surface area contributed by atoms with Gasteiger partial charge in [-0.25, -0.2) is 9.59 Å². The third-order valence-corrected chi connectivity index (χ3v) is 2.10. The highest BCUT2D eigenvalue weighted by Gasteiger charge is 2.37. The minimum Gasteiger partial charge on any atom is -0.448 e. The Kier molecular flexibility index (Phi) is 3.49. The Hall–Kier alpha value is -1.06. The van der Waals surface area contributed by atoms with Crippen LogP contribution in [0.5, 0.6) is 0 Å². The third-order valence-electron chi connectivity index (χ3n) is 2.10. The summed E-state index contributed by atoms with van der Waals surface area (Å²) in [6.07, 6.45) is -0.406. The highest BCUT2D eigenvalue weighted by molar-refractivity contribution is 5.87.